The van der Waals surface area contributed by atoms with Crippen LogP contribution < -0.4 is 0 Å². The molecule has 1 rings (SSSR count). The summed E-state index contributed by atoms with van der Waals surface area (Å²) in [7, 11) is 0. The Morgan fingerprint density at radius 1 is 1.42 bits per heavy atom. The van der Waals surface area contributed by atoms with Crippen LogP contribution in [0.2, 0.25) is 0 Å². The number of rotatable bonds is 2. The van der Waals surface area contributed by atoms with Gasteiger partial charge in [0.25, 0.3) is 0 Å². The molecule has 1 radical (unpaired) electrons. The van der Waals surface area contributed by atoms with Gasteiger partial charge in [-0.25, -0.2) is 0 Å². The summed E-state index contributed by atoms with van der Waals surface area (Å²) in [6.45, 7) is 7.70. The summed E-state index contributed by atoms with van der Waals surface area (Å²) in [5, 5.41) is 9.30. The van der Waals surface area contributed by atoms with E-state index in [0.717, 1.165) is 5.56 Å². The number of hydrogen-bond donors (Lipinski definition) is 1. The van der Waals surface area contributed by atoms with Crippen LogP contribution in [0.4, 0.5) is 0 Å². The van der Waals surface area contributed by atoms with Crippen molar-refractivity contribution in [3.63, 3.8) is 0 Å². The van der Waals surface area contributed by atoms with Crippen LogP contribution in [0.1, 0.15) is 24.0 Å². The molecule has 1 nitrogen and oxygen atoms in total. The Balaban J connectivity index is 2.88. The first-order chi connectivity index (χ1) is 5.61. The fourth-order valence-electron chi connectivity index (χ4n) is 1.18. The summed E-state index contributed by atoms with van der Waals surface area (Å²) in [6, 6.07) is 8.09. The first-order valence-corrected chi connectivity index (χ1v) is 4.19. The van der Waals surface area contributed by atoms with E-state index in [0.29, 0.717) is 0 Å². The van der Waals surface area contributed by atoms with Gasteiger partial charge in [-0.2, -0.15) is 0 Å². The van der Waals surface area contributed by atoms with Gasteiger partial charge in [0.2, 0.25) is 0 Å². The molecule has 0 spiro atoms. The van der Waals surface area contributed by atoms with Crippen LogP contribution in [-0.4, -0.2) is 11.2 Å². The molecule has 0 amide bonds. The minimum absolute atomic E-state index is 0.0232. The van der Waals surface area contributed by atoms with E-state index in [4.69, 9.17) is 0 Å². The van der Waals surface area contributed by atoms with E-state index >= 15 is 0 Å². The SMILES string of the molecule is [CH2]C(c1cccc(C)c1)C(C)O. The fraction of sp³-hybridized carbons (Fsp3) is 0.364. The quantitative estimate of drug-likeness (QED) is 0.709. The van der Waals surface area contributed by atoms with Crippen LogP contribution in [0, 0.1) is 13.8 Å². The van der Waals surface area contributed by atoms with Crippen molar-refractivity contribution < 1.29 is 5.11 Å². The molecule has 2 atom stereocenters. The van der Waals surface area contributed by atoms with Crippen molar-refractivity contribution in [1.29, 1.82) is 0 Å². The minimum atomic E-state index is -0.383. The van der Waals surface area contributed by atoms with E-state index < -0.39 is 0 Å². The first-order valence-electron chi connectivity index (χ1n) is 4.19. The van der Waals surface area contributed by atoms with Gasteiger partial charge in [-0.15, -0.1) is 0 Å². The highest BCUT2D eigenvalue weighted by Gasteiger charge is 2.10. The first kappa shape index (κ1) is 9.27. The Morgan fingerprint density at radius 2 is 2.08 bits per heavy atom. The summed E-state index contributed by atoms with van der Waals surface area (Å²) >= 11 is 0. The zero-order chi connectivity index (χ0) is 9.14. The van der Waals surface area contributed by atoms with Crippen LogP contribution >= 0.6 is 0 Å². The van der Waals surface area contributed by atoms with Crippen LogP contribution in [0.15, 0.2) is 24.3 Å². The lowest BCUT2D eigenvalue weighted by Crippen LogP contribution is -2.11. The zero-order valence-electron chi connectivity index (χ0n) is 7.62. The number of aliphatic hydroxyl groups is 1. The topological polar surface area (TPSA) is 20.2 Å². The highest BCUT2D eigenvalue weighted by molar-refractivity contribution is 5.26. The number of hydrogen-bond acceptors (Lipinski definition) is 1. The predicted molar refractivity (Wildman–Crippen MR) is 51.0 cm³/mol. The average molecular weight is 163 g/mol. The Morgan fingerprint density at radius 3 is 2.58 bits per heavy atom. The molecular formula is C11H15O. The lowest BCUT2D eigenvalue weighted by atomic mass is 9.95. The Bertz CT molecular complexity index is 253. The fourth-order valence-corrected chi connectivity index (χ4v) is 1.18. The number of aliphatic hydroxyl groups excluding tert-OH is 1. The smallest absolute Gasteiger partial charge is 0.0580 e. The van der Waals surface area contributed by atoms with Crippen molar-refractivity contribution in [2.75, 3.05) is 0 Å². The monoisotopic (exact) mass is 163 g/mol. The molecule has 0 saturated heterocycles. The van der Waals surface area contributed by atoms with E-state index in [1.807, 2.05) is 25.1 Å². The van der Waals surface area contributed by atoms with Gasteiger partial charge in [-0.3, -0.25) is 0 Å². The summed E-state index contributed by atoms with van der Waals surface area (Å²) in [5.74, 6) is -0.0232. The van der Waals surface area contributed by atoms with Gasteiger partial charge < -0.3 is 5.11 Å². The lowest BCUT2D eigenvalue weighted by molar-refractivity contribution is 0.178. The minimum Gasteiger partial charge on any atom is -0.393 e. The third kappa shape index (κ3) is 2.08. The van der Waals surface area contributed by atoms with Crippen LogP contribution in [0.25, 0.3) is 0 Å². The molecule has 0 fully saturated rings. The molecule has 0 aliphatic rings. The third-order valence-corrected chi connectivity index (χ3v) is 2.05. The molecule has 65 valence electrons. The van der Waals surface area contributed by atoms with Crippen molar-refractivity contribution in [1.82, 2.24) is 0 Å². The molecule has 0 saturated carbocycles. The van der Waals surface area contributed by atoms with Crippen molar-refractivity contribution >= 4 is 0 Å². The molecule has 2 unspecified atom stereocenters. The third-order valence-electron chi connectivity index (χ3n) is 2.05. The largest absolute Gasteiger partial charge is 0.393 e. The number of benzene rings is 1. The normalized spacial score (nSPS) is 15.7. The highest BCUT2D eigenvalue weighted by atomic mass is 16.3. The predicted octanol–water partition coefficient (Wildman–Crippen LogP) is 2.29. The summed E-state index contributed by atoms with van der Waals surface area (Å²) in [4.78, 5) is 0. The molecule has 1 N–H and O–H groups in total. The van der Waals surface area contributed by atoms with Crippen molar-refractivity contribution in [3.05, 3.63) is 42.3 Å². The van der Waals surface area contributed by atoms with Gasteiger partial charge in [-0.05, 0) is 26.3 Å². The van der Waals surface area contributed by atoms with E-state index in [2.05, 4.69) is 13.0 Å². The Hall–Kier alpha value is -0.820. The molecule has 0 heterocycles. The standard InChI is InChI=1S/C11H15O/c1-8-5-4-6-11(7-8)9(2)10(3)12/h4-7,9-10,12H,2H2,1,3H3. The Labute approximate surface area is 74.1 Å². The Kier molecular flexibility index (Phi) is 2.88. The molecular weight excluding hydrogens is 148 g/mol. The lowest BCUT2D eigenvalue weighted by Gasteiger charge is -2.14. The van der Waals surface area contributed by atoms with Gasteiger partial charge in [-0.1, -0.05) is 29.8 Å². The summed E-state index contributed by atoms with van der Waals surface area (Å²) < 4.78 is 0. The van der Waals surface area contributed by atoms with E-state index in [1.165, 1.54) is 5.56 Å². The molecule has 0 aliphatic heterocycles. The van der Waals surface area contributed by atoms with Gasteiger partial charge in [0.05, 0.1) is 6.10 Å². The van der Waals surface area contributed by atoms with Gasteiger partial charge in [0.1, 0.15) is 0 Å². The molecule has 0 aliphatic carbocycles. The van der Waals surface area contributed by atoms with Crippen LogP contribution in [0.3, 0.4) is 0 Å². The van der Waals surface area contributed by atoms with Gasteiger partial charge >= 0.3 is 0 Å². The molecule has 0 aromatic heterocycles. The summed E-state index contributed by atoms with van der Waals surface area (Å²) in [5.41, 5.74) is 2.31. The molecule has 0 bridgehead atoms. The van der Waals surface area contributed by atoms with Gasteiger partial charge in [0, 0.05) is 5.92 Å². The maximum Gasteiger partial charge on any atom is 0.0580 e. The molecule has 1 aromatic carbocycles. The second kappa shape index (κ2) is 3.72. The van der Waals surface area contributed by atoms with Crippen LogP contribution in [-0.2, 0) is 0 Å². The maximum absolute atomic E-state index is 9.30. The second-order valence-corrected chi connectivity index (χ2v) is 3.26. The van der Waals surface area contributed by atoms with E-state index in [9.17, 15) is 5.11 Å². The molecule has 1 aromatic rings. The van der Waals surface area contributed by atoms with E-state index in [-0.39, 0.29) is 12.0 Å². The highest BCUT2D eigenvalue weighted by Crippen LogP contribution is 2.19. The average Bonchev–Trinajstić information content (AvgIpc) is 2.03. The van der Waals surface area contributed by atoms with Crippen molar-refractivity contribution in [3.8, 4) is 0 Å². The zero-order valence-corrected chi connectivity index (χ0v) is 7.62. The summed E-state index contributed by atoms with van der Waals surface area (Å²) in [6.07, 6.45) is -0.383. The van der Waals surface area contributed by atoms with Crippen molar-refractivity contribution in [2.45, 2.75) is 25.9 Å². The molecule has 1 heteroatoms. The second-order valence-electron chi connectivity index (χ2n) is 3.26. The maximum atomic E-state index is 9.30. The molecule has 12 heavy (non-hydrogen) atoms. The van der Waals surface area contributed by atoms with Gasteiger partial charge in [0.15, 0.2) is 0 Å². The number of aryl methyl sites for hydroxylation is 1. The van der Waals surface area contributed by atoms with Crippen molar-refractivity contribution in [2.24, 2.45) is 0 Å². The van der Waals surface area contributed by atoms with E-state index in [1.54, 1.807) is 6.92 Å². The van der Waals surface area contributed by atoms with Crippen LogP contribution in [0.5, 0.6) is 0 Å².